The van der Waals surface area contributed by atoms with Gasteiger partial charge in [-0.25, -0.2) is 4.79 Å². The Balaban J connectivity index is 1.85. The first-order valence-electron chi connectivity index (χ1n) is 7.56. The topological polar surface area (TPSA) is 75.7 Å². The van der Waals surface area contributed by atoms with Gasteiger partial charge in [0.05, 0.1) is 13.7 Å². The minimum absolute atomic E-state index is 0.0463. The summed E-state index contributed by atoms with van der Waals surface area (Å²) in [5.74, 6) is -0.593. The lowest BCUT2D eigenvalue weighted by Crippen LogP contribution is -2.53. The number of rotatable bonds is 4. The molecule has 1 aromatic carbocycles. The predicted molar refractivity (Wildman–Crippen MR) is 94.1 cm³/mol. The maximum absolute atomic E-state index is 12.6. The summed E-state index contributed by atoms with van der Waals surface area (Å²) < 4.78 is 5.09. The monoisotopic (exact) mass is 356 g/mol. The molecule has 1 N–H and O–H groups in total. The number of nitrogens with one attached hydrogen (secondary N) is 1. The third-order valence-electron chi connectivity index (χ3n) is 3.73. The van der Waals surface area contributed by atoms with E-state index in [2.05, 4.69) is 5.32 Å². The summed E-state index contributed by atoms with van der Waals surface area (Å²) in [6, 6.07) is 10.0. The molecule has 25 heavy (non-hydrogen) atoms. The number of hydrogen-bond acceptors (Lipinski definition) is 5. The number of hydrogen-bond donors (Lipinski definition) is 1. The Morgan fingerprint density at radius 3 is 2.44 bits per heavy atom. The van der Waals surface area contributed by atoms with Crippen LogP contribution in [0.1, 0.15) is 15.3 Å². The van der Waals surface area contributed by atoms with Crippen LogP contribution in [0, 0.1) is 6.92 Å². The number of aryl methyl sites for hydroxylation is 1. The number of methoxy groups -OCH3 is 1. The van der Waals surface area contributed by atoms with Crippen LogP contribution in [0.4, 0.5) is 4.79 Å². The molecule has 4 amide bonds. The zero-order valence-electron chi connectivity index (χ0n) is 13.7. The Bertz CT molecular complexity index is 867. The van der Waals surface area contributed by atoms with E-state index in [-0.39, 0.29) is 12.1 Å². The van der Waals surface area contributed by atoms with Gasteiger partial charge in [0.15, 0.2) is 0 Å². The first kappa shape index (κ1) is 16.9. The molecule has 2 heterocycles. The van der Waals surface area contributed by atoms with Crippen LogP contribution in [-0.4, -0.2) is 29.9 Å². The maximum Gasteiger partial charge on any atom is 0.331 e. The van der Waals surface area contributed by atoms with Crippen LogP contribution in [0.2, 0.25) is 0 Å². The van der Waals surface area contributed by atoms with Crippen molar-refractivity contribution in [1.29, 1.82) is 0 Å². The molecule has 6 nitrogen and oxygen atoms in total. The van der Waals surface area contributed by atoms with Crippen LogP contribution in [-0.2, 0) is 16.1 Å². The van der Waals surface area contributed by atoms with E-state index < -0.39 is 17.8 Å². The molecule has 0 bridgehead atoms. The molecule has 2 aromatic rings. The second-order valence-electron chi connectivity index (χ2n) is 5.51. The fraction of sp³-hybridized carbons (Fsp3) is 0.167. The van der Waals surface area contributed by atoms with Crippen molar-refractivity contribution in [3.05, 3.63) is 57.3 Å². The van der Waals surface area contributed by atoms with E-state index in [0.29, 0.717) is 5.75 Å². The summed E-state index contributed by atoms with van der Waals surface area (Å²) >= 11 is 1.47. The maximum atomic E-state index is 12.6. The van der Waals surface area contributed by atoms with Gasteiger partial charge in [-0.2, -0.15) is 0 Å². The van der Waals surface area contributed by atoms with E-state index in [1.807, 2.05) is 19.1 Å². The van der Waals surface area contributed by atoms with E-state index in [0.717, 1.165) is 20.2 Å². The van der Waals surface area contributed by atoms with Gasteiger partial charge in [0, 0.05) is 9.75 Å². The minimum atomic E-state index is -0.717. The molecule has 1 fully saturated rings. The quantitative estimate of drug-likeness (QED) is 0.675. The van der Waals surface area contributed by atoms with Crippen LogP contribution < -0.4 is 10.1 Å². The second-order valence-corrected chi connectivity index (χ2v) is 6.82. The van der Waals surface area contributed by atoms with Crippen molar-refractivity contribution >= 4 is 35.3 Å². The molecule has 128 valence electrons. The van der Waals surface area contributed by atoms with E-state index in [1.54, 1.807) is 31.4 Å². The van der Waals surface area contributed by atoms with Gasteiger partial charge in [-0.15, -0.1) is 11.3 Å². The number of barbiturate groups is 1. The number of amides is 4. The Kier molecular flexibility index (Phi) is 4.67. The van der Waals surface area contributed by atoms with Crippen molar-refractivity contribution in [3.63, 3.8) is 0 Å². The third kappa shape index (κ3) is 3.61. The van der Waals surface area contributed by atoms with E-state index in [4.69, 9.17) is 4.74 Å². The van der Waals surface area contributed by atoms with Crippen molar-refractivity contribution in [2.24, 2.45) is 0 Å². The predicted octanol–water partition coefficient (Wildman–Crippen LogP) is 2.73. The number of ether oxygens (including phenoxy) is 1. The normalized spacial score (nSPS) is 16.3. The van der Waals surface area contributed by atoms with Crippen molar-refractivity contribution in [2.75, 3.05) is 7.11 Å². The lowest BCUT2D eigenvalue weighted by atomic mass is 10.1. The highest BCUT2D eigenvalue weighted by molar-refractivity contribution is 7.12. The number of thiophene rings is 1. The van der Waals surface area contributed by atoms with Gasteiger partial charge >= 0.3 is 6.03 Å². The molecule has 7 heteroatoms. The van der Waals surface area contributed by atoms with Crippen LogP contribution in [0.15, 0.2) is 42.0 Å². The average molecular weight is 356 g/mol. The second kappa shape index (κ2) is 6.90. The SMILES string of the molecule is COc1ccc(CN2C(=O)NC(=O)/C(=C/c3ccc(C)s3)C2=O)cc1. The summed E-state index contributed by atoms with van der Waals surface area (Å²) in [6.07, 6.45) is 1.52. The standard InChI is InChI=1S/C18H16N2O4S/c1-11-3-8-14(25-11)9-15-16(21)19-18(23)20(17(15)22)10-12-4-6-13(24-2)7-5-12/h3-9H,10H2,1-2H3,(H,19,21,23)/b15-9-. The van der Waals surface area contributed by atoms with Crippen LogP contribution >= 0.6 is 11.3 Å². The van der Waals surface area contributed by atoms with Crippen molar-refractivity contribution in [1.82, 2.24) is 10.2 Å². The molecule has 1 aliphatic heterocycles. The number of carbonyl (C=O) groups excluding carboxylic acids is 3. The van der Waals surface area contributed by atoms with Crippen molar-refractivity contribution in [2.45, 2.75) is 13.5 Å². The van der Waals surface area contributed by atoms with Crippen LogP contribution in [0.25, 0.3) is 6.08 Å². The number of carbonyl (C=O) groups is 3. The molecule has 3 rings (SSSR count). The van der Waals surface area contributed by atoms with Crippen molar-refractivity contribution < 1.29 is 19.1 Å². The minimum Gasteiger partial charge on any atom is -0.497 e. The lowest BCUT2D eigenvalue weighted by Gasteiger charge is -2.26. The van der Waals surface area contributed by atoms with Gasteiger partial charge in [-0.05, 0) is 42.8 Å². The number of imide groups is 2. The summed E-state index contributed by atoms with van der Waals surface area (Å²) in [5.41, 5.74) is 0.708. The Morgan fingerprint density at radius 2 is 1.84 bits per heavy atom. The summed E-state index contributed by atoms with van der Waals surface area (Å²) in [4.78, 5) is 39.6. The zero-order valence-corrected chi connectivity index (χ0v) is 14.6. The summed E-state index contributed by atoms with van der Waals surface area (Å²) in [5, 5.41) is 2.22. The first-order chi connectivity index (χ1) is 12.0. The highest BCUT2D eigenvalue weighted by atomic mass is 32.1. The molecule has 1 aliphatic rings. The number of benzene rings is 1. The molecular weight excluding hydrogens is 340 g/mol. The smallest absolute Gasteiger partial charge is 0.331 e. The molecule has 0 spiro atoms. The first-order valence-corrected chi connectivity index (χ1v) is 8.38. The molecular formula is C18H16N2O4S. The van der Waals surface area contributed by atoms with Crippen molar-refractivity contribution in [3.8, 4) is 5.75 Å². The fourth-order valence-corrected chi connectivity index (χ4v) is 3.25. The van der Waals surface area contributed by atoms with Gasteiger partial charge in [-0.3, -0.25) is 19.8 Å². The summed E-state index contributed by atoms with van der Waals surface area (Å²) in [6.45, 7) is 2.01. The highest BCUT2D eigenvalue weighted by Gasteiger charge is 2.35. The lowest BCUT2D eigenvalue weighted by molar-refractivity contribution is -0.130. The van der Waals surface area contributed by atoms with Gasteiger partial charge < -0.3 is 4.74 Å². The zero-order chi connectivity index (χ0) is 18.0. The van der Waals surface area contributed by atoms with E-state index in [9.17, 15) is 14.4 Å². The largest absolute Gasteiger partial charge is 0.497 e. The van der Waals surface area contributed by atoms with Gasteiger partial charge in [0.25, 0.3) is 11.8 Å². The van der Waals surface area contributed by atoms with Gasteiger partial charge in [0.1, 0.15) is 11.3 Å². The Labute approximate surface area is 148 Å². The molecule has 0 atom stereocenters. The van der Waals surface area contributed by atoms with Gasteiger partial charge in [-0.1, -0.05) is 12.1 Å². The number of nitrogens with zero attached hydrogens (tertiary/aromatic N) is 1. The average Bonchev–Trinajstić information content (AvgIpc) is 3.01. The molecule has 0 unspecified atom stereocenters. The Morgan fingerprint density at radius 1 is 1.12 bits per heavy atom. The van der Waals surface area contributed by atoms with Crippen LogP contribution in [0.5, 0.6) is 5.75 Å². The van der Waals surface area contributed by atoms with Gasteiger partial charge in [0.2, 0.25) is 0 Å². The molecule has 0 radical (unpaired) electrons. The Hall–Kier alpha value is -2.93. The molecule has 0 aliphatic carbocycles. The number of urea groups is 1. The van der Waals surface area contributed by atoms with Crippen LogP contribution in [0.3, 0.4) is 0 Å². The molecule has 1 aromatic heterocycles. The fourth-order valence-electron chi connectivity index (χ4n) is 2.42. The summed E-state index contributed by atoms with van der Waals surface area (Å²) in [7, 11) is 1.56. The molecule has 0 saturated carbocycles. The highest BCUT2D eigenvalue weighted by Crippen LogP contribution is 2.22. The third-order valence-corrected chi connectivity index (χ3v) is 4.68. The molecule has 1 saturated heterocycles. The van der Waals surface area contributed by atoms with E-state index in [1.165, 1.54) is 17.4 Å². The van der Waals surface area contributed by atoms with E-state index >= 15 is 0 Å².